The van der Waals surface area contributed by atoms with Gasteiger partial charge >= 0.3 is 5.76 Å². The zero-order valence-electron chi connectivity index (χ0n) is 16.4. The number of benzene rings is 2. The van der Waals surface area contributed by atoms with Gasteiger partial charge in [-0.15, -0.1) is 0 Å². The maximum Gasteiger partial charge on any atom is 0.417 e. The molecule has 4 aromatic rings. The Bertz CT molecular complexity index is 1330. The predicted molar refractivity (Wildman–Crippen MR) is 116 cm³/mol. The van der Waals surface area contributed by atoms with E-state index in [2.05, 4.69) is 15.6 Å². The van der Waals surface area contributed by atoms with Gasteiger partial charge in [-0.25, -0.2) is 9.18 Å². The molecule has 2 aromatic heterocycles. The first-order valence-corrected chi connectivity index (χ1v) is 10.7. The summed E-state index contributed by atoms with van der Waals surface area (Å²) in [5, 5.41) is 5.87. The van der Waals surface area contributed by atoms with Gasteiger partial charge in [0.05, 0.1) is 5.52 Å². The third kappa shape index (κ3) is 4.64. The minimum atomic E-state index is -0.830. The van der Waals surface area contributed by atoms with E-state index in [4.69, 9.17) is 8.83 Å². The van der Waals surface area contributed by atoms with Gasteiger partial charge < -0.3 is 19.5 Å². The van der Waals surface area contributed by atoms with E-state index in [9.17, 15) is 18.8 Å². The Morgan fingerprint density at radius 3 is 2.74 bits per heavy atom. The molecule has 0 fully saturated rings. The summed E-state index contributed by atoms with van der Waals surface area (Å²) in [6.45, 7) is 0. The van der Waals surface area contributed by atoms with Gasteiger partial charge in [-0.2, -0.15) is 11.8 Å². The lowest BCUT2D eigenvalue weighted by molar-refractivity contribution is -0.118. The number of thioether (sulfide) groups is 1. The lowest BCUT2D eigenvalue weighted by atomic mass is 10.2. The van der Waals surface area contributed by atoms with Crippen LogP contribution in [0.5, 0.6) is 0 Å². The first kappa shape index (κ1) is 20.7. The van der Waals surface area contributed by atoms with Gasteiger partial charge in [-0.1, -0.05) is 0 Å². The number of rotatable bonds is 7. The summed E-state index contributed by atoms with van der Waals surface area (Å²) in [6, 6.07) is 9.28. The SMILES string of the molecule is CSCCC(NC(=O)c1cc2cc(F)ccc2o1)C(=O)Nc1ccc2oc(=O)[nH]c2c1. The zero-order chi connectivity index (χ0) is 22.0. The highest BCUT2D eigenvalue weighted by Crippen LogP contribution is 2.21. The number of anilines is 1. The third-order valence-corrected chi connectivity index (χ3v) is 5.27. The number of amides is 2. The van der Waals surface area contributed by atoms with E-state index in [0.29, 0.717) is 39.9 Å². The topological polar surface area (TPSA) is 117 Å². The van der Waals surface area contributed by atoms with Gasteiger partial charge in [0.25, 0.3) is 5.91 Å². The fourth-order valence-corrected chi connectivity index (χ4v) is 3.59. The Hall–Kier alpha value is -3.53. The van der Waals surface area contributed by atoms with Crippen LogP contribution in [-0.4, -0.2) is 34.8 Å². The molecule has 3 N–H and O–H groups in total. The average Bonchev–Trinajstić information content (AvgIpc) is 3.32. The summed E-state index contributed by atoms with van der Waals surface area (Å²) >= 11 is 1.54. The fourth-order valence-electron chi connectivity index (χ4n) is 3.12. The van der Waals surface area contributed by atoms with Crippen molar-refractivity contribution in [2.24, 2.45) is 0 Å². The molecule has 0 saturated heterocycles. The van der Waals surface area contributed by atoms with Gasteiger partial charge in [0.2, 0.25) is 5.91 Å². The quantitative estimate of drug-likeness (QED) is 0.402. The first-order chi connectivity index (χ1) is 14.9. The molecule has 0 saturated carbocycles. The lowest BCUT2D eigenvalue weighted by Gasteiger charge is -2.17. The van der Waals surface area contributed by atoms with E-state index in [-0.39, 0.29) is 5.76 Å². The van der Waals surface area contributed by atoms with Crippen molar-refractivity contribution >= 4 is 51.3 Å². The number of carbonyl (C=O) groups is 2. The van der Waals surface area contributed by atoms with Crippen LogP contribution in [0.1, 0.15) is 17.0 Å². The zero-order valence-corrected chi connectivity index (χ0v) is 17.2. The van der Waals surface area contributed by atoms with E-state index in [1.54, 1.807) is 18.2 Å². The van der Waals surface area contributed by atoms with Crippen molar-refractivity contribution in [1.29, 1.82) is 0 Å². The van der Waals surface area contributed by atoms with Gasteiger partial charge in [0.1, 0.15) is 17.4 Å². The van der Waals surface area contributed by atoms with Crippen LogP contribution in [0.4, 0.5) is 10.1 Å². The van der Waals surface area contributed by atoms with Gasteiger partial charge in [-0.3, -0.25) is 14.6 Å². The molecule has 2 heterocycles. The second-order valence-corrected chi connectivity index (χ2v) is 7.80. The van der Waals surface area contributed by atoms with Crippen molar-refractivity contribution in [3.05, 3.63) is 64.6 Å². The number of aromatic amines is 1. The lowest BCUT2D eigenvalue weighted by Crippen LogP contribution is -2.44. The Morgan fingerprint density at radius 1 is 1.13 bits per heavy atom. The Balaban J connectivity index is 1.51. The molecule has 8 nitrogen and oxygen atoms in total. The average molecular weight is 443 g/mol. The van der Waals surface area contributed by atoms with Crippen molar-refractivity contribution in [3.8, 4) is 0 Å². The number of fused-ring (bicyclic) bond motifs is 2. The van der Waals surface area contributed by atoms with Crippen LogP contribution >= 0.6 is 11.8 Å². The van der Waals surface area contributed by atoms with Crippen molar-refractivity contribution in [3.63, 3.8) is 0 Å². The number of carbonyl (C=O) groups excluding carboxylic acids is 2. The summed E-state index contributed by atoms with van der Waals surface area (Å²) in [5.41, 5.74) is 1.63. The van der Waals surface area contributed by atoms with E-state index in [0.717, 1.165) is 0 Å². The molecule has 10 heteroatoms. The molecular weight excluding hydrogens is 425 g/mol. The minimum Gasteiger partial charge on any atom is -0.451 e. The number of hydrogen-bond donors (Lipinski definition) is 3. The van der Waals surface area contributed by atoms with Crippen LogP contribution in [0, 0.1) is 5.82 Å². The van der Waals surface area contributed by atoms with Gasteiger partial charge in [0.15, 0.2) is 11.3 Å². The molecule has 0 bridgehead atoms. The molecule has 1 unspecified atom stereocenters. The van der Waals surface area contributed by atoms with Crippen LogP contribution < -0.4 is 16.4 Å². The number of H-pyrrole nitrogens is 1. The summed E-state index contributed by atoms with van der Waals surface area (Å²) in [5.74, 6) is -1.40. The molecule has 160 valence electrons. The van der Waals surface area contributed by atoms with Crippen molar-refractivity contribution < 1.29 is 22.8 Å². The van der Waals surface area contributed by atoms with Gasteiger partial charge in [-0.05, 0) is 60.9 Å². The molecule has 0 radical (unpaired) electrons. The normalized spacial score (nSPS) is 12.2. The summed E-state index contributed by atoms with van der Waals surface area (Å²) in [4.78, 5) is 39.3. The number of nitrogens with one attached hydrogen (secondary N) is 3. The highest BCUT2D eigenvalue weighted by Gasteiger charge is 2.23. The van der Waals surface area contributed by atoms with Crippen LogP contribution in [0.2, 0.25) is 0 Å². The highest BCUT2D eigenvalue weighted by atomic mass is 32.2. The summed E-state index contributed by atoms with van der Waals surface area (Å²) < 4.78 is 23.8. The Kier molecular flexibility index (Phi) is 5.81. The van der Waals surface area contributed by atoms with Crippen molar-refractivity contribution in [1.82, 2.24) is 10.3 Å². The molecule has 2 amide bonds. The fraction of sp³-hybridized carbons (Fsp3) is 0.190. The van der Waals surface area contributed by atoms with Gasteiger partial charge in [0, 0.05) is 11.1 Å². The number of oxazole rings is 1. The molecule has 2 aromatic carbocycles. The number of hydrogen-bond acceptors (Lipinski definition) is 6. The third-order valence-electron chi connectivity index (χ3n) is 4.62. The van der Waals surface area contributed by atoms with Crippen LogP contribution in [0.15, 0.2) is 56.1 Å². The predicted octanol–water partition coefficient (Wildman–Crippen LogP) is 3.50. The smallest absolute Gasteiger partial charge is 0.417 e. The van der Waals surface area contributed by atoms with Crippen LogP contribution in [0.3, 0.4) is 0 Å². The van der Waals surface area contributed by atoms with E-state index in [1.807, 2.05) is 6.26 Å². The molecule has 0 aliphatic carbocycles. The maximum atomic E-state index is 13.4. The highest BCUT2D eigenvalue weighted by molar-refractivity contribution is 7.98. The summed E-state index contributed by atoms with van der Waals surface area (Å²) in [6.07, 6.45) is 2.28. The molecule has 0 aliphatic rings. The largest absolute Gasteiger partial charge is 0.451 e. The number of aromatic nitrogens is 1. The summed E-state index contributed by atoms with van der Waals surface area (Å²) in [7, 11) is 0. The van der Waals surface area contributed by atoms with E-state index in [1.165, 1.54) is 36.0 Å². The standard InChI is InChI=1S/C21H18FN3O5S/c1-31-7-6-14(19(26)23-13-3-5-17-15(10-13)25-21(28)30-17)24-20(27)18-9-11-8-12(22)2-4-16(11)29-18/h2-5,8-10,14H,6-7H2,1H3,(H,23,26)(H,24,27)(H,25,28). The van der Waals surface area contributed by atoms with Crippen molar-refractivity contribution in [2.45, 2.75) is 12.5 Å². The molecule has 4 rings (SSSR count). The number of furan rings is 1. The van der Waals surface area contributed by atoms with Crippen LogP contribution in [-0.2, 0) is 4.79 Å². The minimum absolute atomic E-state index is 0.0139. The van der Waals surface area contributed by atoms with Crippen LogP contribution in [0.25, 0.3) is 22.1 Å². The molecular formula is C21H18FN3O5S. The molecule has 1 atom stereocenters. The van der Waals surface area contributed by atoms with E-state index >= 15 is 0 Å². The monoisotopic (exact) mass is 443 g/mol. The van der Waals surface area contributed by atoms with E-state index < -0.39 is 29.4 Å². The van der Waals surface area contributed by atoms with Crippen molar-refractivity contribution in [2.75, 3.05) is 17.3 Å². The molecule has 31 heavy (non-hydrogen) atoms. The number of halogens is 1. The Labute approximate surface area is 179 Å². The second kappa shape index (κ2) is 8.68. The maximum absolute atomic E-state index is 13.4. The molecule has 0 aliphatic heterocycles. The second-order valence-electron chi connectivity index (χ2n) is 6.82. The Morgan fingerprint density at radius 2 is 1.94 bits per heavy atom. The molecule has 0 spiro atoms. The first-order valence-electron chi connectivity index (χ1n) is 9.35.